The SMILES string of the molecule is O=C(O)CSc1nccc(N2CCC(Cc3ccccc3)CC2)n1. The molecule has 0 aliphatic carbocycles. The van der Waals surface area contributed by atoms with Gasteiger partial charge in [-0.1, -0.05) is 42.1 Å². The summed E-state index contributed by atoms with van der Waals surface area (Å²) in [5, 5.41) is 9.29. The van der Waals surface area contributed by atoms with Crippen LogP contribution >= 0.6 is 11.8 Å². The van der Waals surface area contributed by atoms with Crippen molar-refractivity contribution in [1.29, 1.82) is 0 Å². The van der Waals surface area contributed by atoms with Crippen LogP contribution in [0.25, 0.3) is 0 Å². The number of carbonyl (C=O) groups is 1. The number of aliphatic carboxylic acids is 1. The summed E-state index contributed by atoms with van der Waals surface area (Å²) in [7, 11) is 0. The molecule has 0 saturated carbocycles. The normalized spacial score (nSPS) is 15.4. The molecule has 2 aromatic rings. The Morgan fingerprint density at radius 1 is 1.21 bits per heavy atom. The first kappa shape index (κ1) is 16.8. The van der Waals surface area contributed by atoms with E-state index in [9.17, 15) is 4.79 Å². The maximum Gasteiger partial charge on any atom is 0.313 e. The van der Waals surface area contributed by atoms with Gasteiger partial charge in [-0.2, -0.15) is 0 Å². The molecule has 24 heavy (non-hydrogen) atoms. The Kier molecular flexibility index (Phi) is 5.69. The minimum Gasteiger partial charge on any atom is -0.481 e. The first-order chi connectivity index (χ1) is 11.7. The average molecular weight is 343 g/mol. The highest BCUT2D eigenvalue weighted by Crippen LogP contribution is 2.25. The van der Waals surface area contributed by atoms with Gasteiger partial charge < -0.3 is 10.0 Å². The second-order valence-corrected chi connectivity index (χ2v) is 6.94. The molecule has 0 unspecified atom stereocenters. The molecule has 6 heteroatoms. The van der Waals surface area contributed by atoms with E-state index in [0.29, 0.717) is 11.1 Å². The predicted octanol–water partition coefficient (Wildman–Crippen LogP) is 3.11. The third kappa shape index (κ3) is 4.71. The molecule has 1 aromatic carbocycles. The molecule has 3 rings (SSSR count). The van der Waals surface area contributed by atoms with Crippen molar-refractivity contribution < 1.29 is 9.90 Å². The Balaban J connectivity index is 1.54. The molecular formula is C18H21N3O2S. The van der Waals surface area contributed by atoms with Crippen LogP contribution in [-0.4, -0.2) is 39.9 Å². The lowest BCUT2D eigenvalue weighted by atomic mass is 9.90. The maximum absolute atomic E-state index is 10.7. The lowest BCUT2D eigenvalue weighted by molar-refractivity contribution is -0.133. The number of nitrogens with zero attached hydrogens (tertiary/aromatic N) is 3. The standard InChI is InChI=1S/C18H21N3O2S/c22-17(23)13-24-18-19-9-6-16(20-18)21-10-7-15(8-11-21)12-14-4-2-1-3-5-14/h1-6,9,15H,7-8,10-13H2,(H,22,23). The van der Waals surface area contributed by atoms with Crippen molar-refractivity contribution >= 4 is 23.5 Å². The minimum absolute atomic E-state index is 0.0113. The molecule has 2 heterocycles. The number of carboxylic acid groups (broad SMARTS) is 1. The molecule has 0 amide bonds. The Morgan fingerprint density at radius 3 is 2.67 bits per heavy atom. The summed E-state index contributed by atoms with van der Waals surface area (Å²) < 4.78 is 0. The molecule has 0 atom stereocenters. The highest BCUT2D eigenvalue weighted by molar-refractivity contribution is 7.99. The number of aromatic nitrogens is 2. The summed E-state index contributed by atoms with van der Waals surface area (Å²) in [4.78, 5) is 21.6. The number of benzene rings is 1. The lowest BCUT2D eigenvalue weighted by Gasteiger charge is -2.33. The van der Waals surface area contributed by atoms with E-state index < -0.39 is 5.97 Å². The largest absolute Gasteiger partial charge is 0.481 e. The third-order valence-corrected chi connectivity index (χ3v) is 5.10. The molecule has 1 fully saturated rings. The summed E-state index contributed by atoms with van der Waals surface area (Å²) in [6, 6.07) is 12.6. The van der Waals surface area contributed by atoms with Gasteiger partial charge >= 0.3 is 5.97 Å². The summed E-state index contributed by atoms with van der Waals surface area (Å²) in [6.45, 7) is 1.97. The second-order valence-electron chi connectivity index (χ2n) is 6.00. The van der Waals surface area contributed by atoms with Gasteiger partial charge in [0.15, 0.2) is 5.16 Å². The van der Waals surface area contributed by atoms with Gasteiger partial charge in [0.1, 0.15) is 5.82 Å². The minimum atomic E-state index is -0.851. The number of hydrogen-bond acceptors (Lipinski definition) is 5. The first-order valence-electron chi connectivity index (χ1n) is 8.17. The molecule has 1 aromatic heterocycles. The van der Waals surface area contributed by atoms with Gasteiger partial charge in [-0.15, -0.1) is 0 Å². The fraction of sp³-hybridized carbons (Fsp3) is 0.389. The van der Waals surface area contributed by atoms with Crippen LogP contribution in [0.2, 0.25) is 0 Å². The van der Waals surface area contributed by atoms with Crippen LogP contribution in [0.15, 0.2) is 47.8 Å². The van der Waals surface area contributed by atoms with Gasteiger partial charge in [-0.3, -0.25) is 4.79 Å². The van der Waals surface area contributed by atoms with Crippen LogP contribution in [-0.2, 0) is 11.2 Å². The zero-order valence-electron chi connectivity index (χ0n) is 13.5. The lowest BCUT2D eigenvalue weighted by Crippen LogP contribution is -2.35. The summed E-state index contributed by atoms with van der Waals surface area (Å²) in [5.41, 5.74) is 1.41. The van der Waals surface area contributed by atoms with E-state index in [1.807, 2.05) is 6.07 Å². The number of hydrogen-bond donors (Lipinski definition) is 1. The molecule has 0 spiro atoms. The van der Waals surface area contributed by atoms with Gasteiger partial charge in [0.2, 0.25) is 0 Å². The van der Waals surface area contributed by atoms with Crippen molar-refractivity contribution in [3.05, 3.63) is 48.2 Å². The monoisotopic (exact) mass is 343 g/mol. The van der Waals surface area contributed by atoms with Crippen LogP contribution in [0.5, 0.6) is 0 Å². The van der Waals surface area contributed by atoms with E-state index in [1.165, 1.54) is 5.56 Å². The molecular weight excluding hydrogens is 322 g/mol. The number of thioether (sulfide) groups is 1. The molecule has 1 saturated heterocycles. The van der Waals surface area contributed by atoms with Gasteiger partial charge in [0.05, 0.1) is 5.75 Å². The first-order valence-corrected chi connectivity index (χ1v) is 9.16. The fourth-order valence-electron chi connectivity index (χ4n) is 3.02. The predicted molar refractivity (Wildman–Crippen MR) is 95.5 cm³/mol. The van der Waals surface area contributed by atoms with Crippen LogP contribution in [0.4, 0.5) is 5.82 Å². The highest BCUT2D eigenvalue weighted by Gasteiger charge is 2.20. The second kappa shape index (κ2) is 8.15. The zero-order valence-corrected chi connectivity index (χ0v) is 14.3. The van der Waals surface area contributed by atoms with E-state index in [2.05, 4.69) is 45.2 Å². The Hall–Kier alpha value is -2.08. The van der Waals surface area contributed by atoms with Gasteiger partial charge in [-0.25, -0.2) is 9.97 Å². The van der Waals surface area contributed by atoms with Gasteiger partial charge in [0.25, 0.3) is 0 Å². The summed E-state index contributed by atoms with van der Waals surface area (Å²) in [5.74, 6) is 0.751. The van der Waals surface area contributed by atoms with E-state index in [1.54, 1.807) is 6.20 Å². The highest BCUT2D eigenvalue weighted by atomic mass is 32.2. The summed E-state index contributed by atoms with van der Waals surface area (Å²) in [6.07, 6.45) is 5.15. The summed E-state index contributed by atoms with van der Waals surface area (Å²) >= 11 is 1.16. The Morgan fingerprint density at radius 2 is 1.96 bits per heavy atom. The van der Waals surface area contributed by atoms with Gasteiger partial charge in [-0.05, 0) is 36.8 Å². The molecule has 0 bridgehead atoms. The van der Waals surface area contributed by atoms with Crippen LogP contribution < -0.4 is 4.90 Å². The molecule has 1 aliphatic heterocycles. The topological polar surface area (TPSA) is 66.3 Å². The number of piperidine rings is 1. The fourth-order valence-corrected chi connectivity index (χ4v) is 3.56. The quantitative estimate of drug-likeness (QED) is 0.642. The zero-order chi connectivity index (χ0) is 16.8. The van der Waals surface area contributed by atoms with Crippen LogP contribution in [0.1, 0.15) is 18.4 Å². The number of rotatable bonds is 6. The molecule has 1 aliphatic rings. The molecule has 1 N–H and O–H groups in total. The van der Waals surface area contributed by atoms with Crippen LogP contribution in [0.3, 0.4) is 0 Å². The third-order valence-electron chi connectivity index (χ3n) is 4.25. The van der Waals surface area contributed by atoms with Crippen molar-refractivity contribution in [3.63, 3.8) is 0 Å². The average Bonchev–Trinajstić information content (AvgIpc) is 2.62. The maximum atomic E-state index is 10.7. The van der Waals surface area contributed by atoms with Crippen LogP contribution in [0, 0.1) is 5.92 Å². The molecule has 0 radical (unpaired) electrons. The van der Waals surface area contributed by atoms with E-state index in [-0.39, 0.29) is 5.75 Å². The van der Waals surface area contributed by atoms with Crippen molar-refractivity contribution in [1.82, 2.24) is 9.97 Å². The van der Waals surface area contributed by atoms with E-state index in [4.69, 9.17) is 5.11 Å². The van der Waals surface area contributed by atoms with Gasteiger partial charge in [0, 0.05) is 19.3 Å². The number of carboxylic acids is 1. The van der Waals surface area contributed by atoms with E-state index >= 15 is 0 Å². The Labute approximate surface area is 146 Å². The van der Waals surface area contributed by atoms with Crippen molar-refractivity contribution in [2.24, 2.45) is 5.92 Å². The van der Waals surface area contributed by atoms with E-state index in [0.717, 1.165) is 49.9 Å². The molecule has 126 valence electrons. The number of anilines is 1. The molecule has 5 nitrogen and oxygen atoms in total. The van der Waals surface area contributed by atoms with Crippen molar-refractivity contribution in [2.75, 3.05) is 23.7 Å². The Bertz CT molecular complexity index is 673. The van der Waals surface area contributed by atoms with Crippen molar-refractivity contribution in [3.8, 4) is 0 Å². The smallest absolute Gasteiger partial charge is 0.313 e. The van der Waals surface area contributed by atoms with Crippen molar-refractivity contribution in [2.45, 2.75) is 24.4 Å².